The van der Waals surface area contributed by atoms with Crippen molar-refractivity contribution in [3.8, 4) is 0 Å². The highest BCUT2D eigenvalue weighted by molar-refractivity contribution is 5.92. The topological polar surface area (TPSA) is 95.9 Å². The van der Waals surface area contributed by atoms with Gasteiger partial charge in [0.2, 0.25) is 11.8 Å². The van der Waals surface area contributed by atoms with E-state index in [1.165, 1.54) is 4.90 Å². The Morgan fingerprint density at radius 2 is 2.21 bits per heavy atom. The van der Waals surface area contributed by atoms with Crippen molar-refractivity contribution in [1.29, 1.82) is 0 Å². The number of aliphatic carboxylic acids is 1. The van der Waals surface area contributed by atoms with Gasteiger partial charge in [0.15, 0.2) is 0 Å². The maximum absolute atomic E-state index is 12.5. The standard InChI is InChI=1S/C12H18N2O5/c1-7-6-19-3-2-8(7)11(16)14-5-10(15)13-4-9(14)12(17)18/h7-9H,2-6H2,1H3,(H,13,15)(H,17,18). The molecule has 2 N–H and O–H groups in total. The molecule has 0 aromatic rings. The molecule has 2 rings (SSSR count). The Labute approximate surface area is 110 Å². The molecule has 19 heavy (non-hydrogen) atoms. The van der Waals surface area contributed by atoms with Gasteiger partial charge in [0, 0.05) is 25.7 Å². The van der Waals surface area contributed by atoms with E-state index in [0.29, 0.717) is 19.6 Å². The van der Waals surface area contributed by atoms with Crippen LogP contribution in [0.4, 0.5) is 0 Å². The van der Waals surface area contributed by atoms with E-state index in [1.807, 2.05) is 6.92 Å². The predicted octanol–water partition coefficient (Wildman–Crippen LogP) is -0.929. The van der Waals surface area contributed by atoms with E-state index < -0.39 is 12.0 Å². The van der Waals surface area contributed by atoms with Gasteiger partial charge >= 0.3 is 5.97 Å². The highest BCUT2D eigenvalue weighted by Crippen LogP contribution is 2.25. The molecule has 0 spiro atoms. The van der Waals surface area contributed by atoms with E-state index in [9.17, 15) is 14.4 Å². The van der Waals surface area contributed by atoms with Crippen molar-refractivity contribution in [3.05, 3.63) is 0 Å². The van der Waals surface area contributed by atoms with Crippen molar-refractivity contribution in [1.82, 2.24) is 10.2 Å². The number of nitrogens with zero attached hydrogens (tertiary/aromatic N) is 1. The highest BCUT2D eigenvalue weighted by Gasteiger charge is 2.40. The van der Waals surface area contributed by atoms with Crippen molar-refractivity contribution in [2.24, 2.45) is 11.8 Å². The van der Waals surface area contributed by atoms with Gasteiger partial charge in [-0.15, -0.1) is 0 Å². The van der Waals surface area contributed by atoms with E-state index in [4.69, 9.17) is 9.84 Å². The summed E-state index contributed by atoms with van der Waals surface area (Å²) in [5.74, 6) is -1.88. The summed E-state index contributed by atoms with van der Waals surface area (Å²) in [5.41, 5.74) is 0. The Hall–Kier alpha value is -1.63. The van der Waals surface area contributed by atoms with Gasteiger partial charge in [-0.3, -0.25) is 9.59 Å². The summed E-state index contributed by atoms with van der Waals surface area (Å²) in [7, 11) is 0. The molecule has 0 aliphatic carbocycles. The summed E-state index contributed by atoms with van der Waals surface area (Å²) in [6.45, 7) is 2.69. The number of carbonyl (C=O) groups is 3. The van der Waals surface area contributed by atoms with Gasteiger partial charge < -0.3 is 20.1 Å². The molecule has 2 amide bonds. The second kappa shape index (κ2) is 5.56. The van der Waals surface area contributed by atoms with E-state index >= 15 is 0 Å². The van der Waals surface area contributed by atoms with Crippen LogP contribution in [-0.4, -0.2) is 60.1 Å². The van der Waals surface area contributed by atoms with Crippen LogP contribution in [0.3, 0.4) is 0 Å². The lowest BCUT2D eigenvalue weighted by Gasteiger charge is -2.37. The Morgan fingerprint density at radius 3 is 2.84 bits per heavy atom. The fourth-order valence-electron chi connectivity index (χ4n) is 2.55. The van der Waals surface area contributed by atoms with Crippen LogP contribution in [0.1, 0.15) is 13.3 Å². The first-order chi connectivity index (χ1) is 9.00. The van der Waals surface area contributed by atoms with Crippen LogP contribution < -0.4 is 5.32 Å². The highest BCUT2D eigenvalue weighted by atomic mass is 16.5. The first-order valence-electron chi connectivity index (χ1n) is 6.38. The number of piperazine rings is 1. The van der Waals surface area contributed by atoms with Crippen LogP contribution in [0.15, 0.2) is 0 Å². The van der Waals surface area contributed by atoms with Crippen LogP contribution in [0.2, 0.25) is 0 Å². The number of ether oxygens (including phenoxy) is 1. The number of rotatable bonds is 2. The molecule has 2 saturated heterocycles. The molecule has 0 saturated carbocycles. The van der Waals surface area contributed by atoms with Crippen LogP contribution in [0.25, 0.3) is 0 Å². The maximum atomic E-state index is 12.5. The molecule has 0 aromatic carbocycles. The van der Waals surface area contributed by atoms with Gasteiger partial charge in [0.25, 0.3) is 0 Å². The number of amides is 2. The molecule has 2 heterocycles. The van der Waals surface area contributed by atoms with Gasteiger partial charge in [0.05, 0.1) is 0 Å². The molecule has 3 unspecified atom stereocenters. The smallest absolute Gasteiger partial charge is 0.328 e. The molecular formula is C12H18N2O5. The second-order valence-corrected chi connectivity index (χ2v) is 5.07. The normalized spacial score (nSPS) is 31.7. The lowest BCUT2D eigenvalue weighted by Crippen LogP contribution is -2.61. The Bertz CT molecular complexity index is 398. The zero-order valence-electron chi connectivity index (χ0n) is 10.8. The third-order valence-corrected chi connectivity index (χ3v) is 3.71. The first-order valence-corrected chi connectivity index (χ1v) is 6.38. The van der Waals surface area contributed by atoms with Crippen LogP contribution in [0.5, 0.6) is 0 Å². The number of carboxylic acid groups (broad SMARTS) is 1. The van der Waals surface area contributed by atoms with Crippen molar-refractivity contribution in [2.75, 3.05) is 26.3 Å². The fourth-order valence-corrected chi connectivity index (χ4v) is 2.55. The fraction of sp³-hybridized carbons (Fsp3) is 0.750. The maximum Gasteiger partial charge on any atom is 0.328 e. The summed E-state index contributed by atoms with van der Waals surface area (Å²) in [6, 6.07) is -0.972. The lowest BCUT2D eigenvalue weighted by molar-refractivity contribution is -0.158. The van der Waals surface area contributed by atoms with Crippen molar-refractivity contribution >= 4 is 17.8 Å². The average molecular weight is 270 g/mol. The van der Waals surface area contributed by atoms with Gasteiger partial charge in [-0.2, -0.15) is 0 Å². The molecule has 7 nitrogen and oxygen atoms in total. The van der Waals surface area contributed by atoms with Gasteiger partial charge in [-0.1, -0.05) is 6.92 Å². The number of hydrogen-bond donors (Lipinski definition) is 2. The Morgan fingerprint density at radius 1 is 1.47 bits per heavy atom. The second-order valence-electron chi connectivity index (χ2n) is 5.07. The van der Waals surface area contributed by atoms with E-state index in [1.54, 1.807) is 0 Å². The van der Waals surface area contributed by atoms with Crippen molar-refractivity contribution in [2.45, 2.75) is 19.4 Å². The molecule has 0 bridgehead atoms. The molecular weight excluding hydrogens is 252 g/mol. The minimum absolute atomic E-state index is 0.0303. The summed E-state index contributed by atoms with van der Waals surface area (Å²) in [6.07, 6.45) is 0.574. The predicted molar refractivity (Wildman–Crippen MR) is 64.2 cm³/mol. The van der Waals surface area contributed by atoms with Gasteiger partial charge in [-0.25, -0.2) is 4.79 Å². The van der Waals surface area contributed by atoms with Crippen molar-refractivity contribution in [3.63, 3.8) is 0 Å². The minimum atomic E-state index is -1.09. The summed E-state index contributed by atoms with van der Waals surface area (Å²) >= 11 is 0. The summed E-state index contributed by atoms with van der Waals surface area (Å²) < 4.78 is 5.28. The third kappa shape index (κ3) is 2.86. The van der Waals surface area contributed by atoms with Crippen molar-refractivity contribution < 1.29 is 24.2 Å². The number of carbonyl (C=O) groups excluding carboxylic acids is 2. The molecule has 7 heteroatoms. The SMILES string of the molecule is CC1COCCC1C(=O)N1CC(=O)NCC1C(=O)O. The minimum Gasteiger partial charge on any atom is -0.480 e. The molecule has 106 valence electrons. The van der Waals surface area contributed by atoms with Gasteiger partial charge in [-0.05, 0) is 12.3 Å². The monoisotopic (exact) mass is 270 g/mol. The van der Waals surface area contributed by atoms with E-state index in [0.717, 1.165) is 0 Å². The summed E-state index contributed by atoms with van der Waals surface area (Å²) in [5, 5.41) is 11.6. The quantitative estimate of drug-likeness (QED) is 0.676. The number of nitrogens with one attached hydrogen (secondary N) is 1. The molecule has 2 aliphatic rings. The molecule has 3 atom stereocenters. The lowest BCUT2D eigenvalue weighted by atomic mass is 9.88. The third-order valence-electron chi connectivity index (χ3n) is 3.71. The largest absolute Gasteiger partial charge is 0.480 e. The van der Waals surface area contributed by atoms with Crippen LogP contribution in [-0.2, 0) is 19.1 Å². The van der Waals surface area contributed by atoms with E-state index in [-0.39, 0.29) is 36.7 Å². The summed E-state index contributed by atoms with van der Waals surface area (Å²) in [4.78, 5) is 36.2. The average Bonchev–Trinajstić information content (AvgIpc) is 2.38. The van der Waals surface area contributed by atoms with E-state index in [2.05, 4.69) is 5.32 Å². The van der Waals surface area contributed by atoms with Crippen LogP contribution in [0, 0.1) is 11.8 Å². The molecule has 2 fully saturated rings. The first kappa shape index (κ1) is 13.8. The molecule has 2 aliphatic heterocycles. The zero-order valence-corrected chi connectivity index (χ0v) is 10.8. The number of carboxylic acids is 1. The van der Waals surface area contributed by atoms with Gasteiger partial charge in [0.1, 0.15) is 12.6 Å². The molecule has 0 aromatic heterocycles. The zero-order chi connectivity index (χ0) is 14.0. The van der Waals surface area contributed by atoms with Crippen LogP contribution >= 0.6 is 0 Å². The Balaban J connectivity index is 2.13. The number of hydrogen-bond acceptors (Lipinski definition) is 4. The molecule has 0 radical (unpaired) electrons. The Kier molecular flexibility index (Phi) is 4.04.